The normalized spacial score (nSPS) is 27.9. The standard InChI is InChI=1S/C11H22ClNO/c1-2-14-7-6-13-9-10-4-3-5-11(12)8-10/h10-11,13H,2-9H2,1H3. The van der Waals surface area contributed by atoms with E-state index >= 15 is 0 Å². The molecule has 0 aromatic carbocycles. The monoisotopic (exact) mass is 219 g/mol. The minimum absolute atomic E-state index is 0.419. The molecule has 0 spiro atoms. The molecule has 14 heavy (non-hydrogen) atoms. The highest BCUT2D eigenvalue weighted by atomic mass is 35.5. The number of ether oxygens (including phenoxy) is 1. The van der Waals surface area contributed by atoms with Crippen LogP contribution in [0, 0.1) is 5.92 Å². The predicted molar refractivity (Wildman–Crippen MR) is 61.0 cm³/mol. The van der Waals surface area contributed by atoms with Crippen LogP contribution in [-0.2, 0) is 4.74 Å². The Balaban J connectivity index is 1.95. The number of hydrogen-bond acceptors (Lipinski definition) is 2. The van der Waals surface area contributed by atoms with Crippen molar-refractivity contribution in [1.29, 1.82) is 0 Å². The third-order valence-electron chi connectivity index (χ3n) is 2.78. The maximum atomic E-state index is 6.12. The Hall–Kier alpha value is 0.210. The van der Waals surface area contributed by atoms with E-state index < -0.39 is 0 Å². The molecule has 0 heterocycles. The summed E-state index contributed by atoms with van der Waals surface area (Å²) in [6.45, 7) is 5.75. The van der Waals surface area contributed by atoms with Gasteiger partial charge in [-0.2, -0.15) is 0 Å². The van der Waals surface area contributed by atoms with Crippen LogP contribution in [0.3, 0.4) is 0 Å². The van der Waals surface area contributed by atoms with Crippen molar-refractivity contribution in [1.82, 2.24) is 5.32 Å². The fraction of sp³-hybridized carbons (Fsp3) is 1.00. The summed E-state index contributed by atoms with van der Waals surface area (Å²) in [7, 11) is 0. The zero-order valence-electron chi connectivity index (χ0n) is 9.10. The van der Waals surface area contributed by atoms with Gasteiger partial charge in [-0.3, -0.25) is 0 Å². The second-order valence-corrected chi connectivity index (χ2v) is 4.65. The lowest BCUT2D eigenvalue weighted by Crippen LogP contribution is -2.29. The second kappa shape index (κ2) is 7.49. The molecule has 0 amide bonds. The summed E-state index contributed by atoms with van der Waals surface area (Å²) in [6, 6.07) is 0. The van der Waals surface area contributed by atoms with E-state index in [9.17, 15) is 0 Å². The first-order chi connectivity index (χ1) is 6.83. The Morgan fingerprint density at radius 1 is 1.43 bits per heavy atom. The van der Waals surface area contributed by atoms with Crippen molar-refractivity contribution in [2.75, 3.05) is 26.3 Å². The van der Waals surface area contributed by atoms with Crippen LogP contribution in [0.2, 0.25) is 0 Å². The molecule has 1 aliphatic carbocycles. The fourth-order valence-corrected chi connectivity index (χ4v) is 2.41. The molecular weight excluding hydrogens is 198 g/mol. The van der Waals surface area contributed by atoms with Gasteiger partial charge in [-0.05, 0) is 38.6 Å². The van der Waals surface area contributed by atoms with Crippen molar-refractivity contribution < 1.29 is 4.74 Å². The van der Waals surface area contributed by atoms with Gasteiger partial charge in [0.2, 0.25) is 0 Å². The first-order valence-corrected chi connectivity index (χ1v) is 6.19. The zero-order chi connectivity index (χ0) is 10.2. The van der Waals surface area contributed by atoms with Gasteiger partial charge in [-0.25, -0.2) is 0 Å². The number of hydrogen-bond donors (Lipinski definition) is 1. The van der Waals surface area contributed by atoms with Gasteiger partial charge in [0.05, 0.1) is 6.61 Å². The van der Waals surface area contributed by atoms with Crippen LogP contribution in [0.15, 0.2) is 0 Å². The predicted octanol–water partition coefficient (Wildman–Crippen LogP) is 2.41. The molecule has 1 rings (SSSR count). The number of rotatable bonds is 6. The van der Waals surface area contributed by atoms with E-state index in [1.807, 2.05) is 6.92 Å². The summed E-state index contributed by atoms with van der Waals surface area (Å²) in [5, 5.41) is 3.85. The maximum Gasteiger partial charge on any atom is 0.0590 e. The summed E-state index contributed by atoms with van der Waals surface area (Å²) in [4.78, 5) is 0. The molecule has 0 saturated heterocycles. The van der Waals surface area contributed by atoms with Crippen molar-refractivity contribution in [2.45, 2.75) is 38.0 Å². The minimum atomic E-state index is 0.419. The molecule has 2 atom stereocenters. The van der Waals surface area contributed by atoms with E-state index in [1.165, 1.54) is 25.7 Å². The first-order valence-electron chi connectivity index (χ1n) is 5.75. The van der Waals surface area contributed by atoms with Gasteiger partial charge >= 0.3 is 0 Å². The highest BCUT2D eigenvalue weighted by Crippen LogP contribution is 2.27. The van der Waals surface area contributed by atoms with Crippen LogP contribution in [0.4, 0.5) is 0 Å². The summed E-state index contributed by atoms with van der Waals surface area (Å²) in [6.07, 6.45) is 5.02. The van der Waals surface area contributed by atoms with Gasteiger partial charge in [-0.15, -0.1) is 11.6 Å². The molecule has 1 aliphatic rings. The fourth-order valence-electron chi connectivity index (χ4n) is 2.01. The molecule has 1 N–H and O–H groups in total. The van der Waals surface area contributed by atoms with Crippen LogP contribution in [0.1, 0.15) is 32.6 Å². The molecule has 1 fully saturated rings. The van der Waals surface area contributed by atoms with Crippen LogP contribution in [-0.4, -0.2) is 31.7 Å². The van der Waals surface area contributed by atoms with E-state index in [1.54, 1.807) is 0 Å². The average Bonchev–Trinajstić information content (AvgIpc) is 2.18. The lowest BCUT2D eigenvalue weighted by Gasteiger charge is -2.25. The van der Waals surface area contributed by atoms with Gasteiger partial charge in [0.25, 0.3) is 0 Å². The third kappa shape index (κ3) is 5.18. The van der Waals surface area contributed by atoms with Crippen LogP contribution >= 0.6 is 11.6 Å². The van der Waals surface area contributed by atoms with E-state index in [-0.39, 0.29) is 0 Å². The largest absolute Gasteiger partial charge is 0.380 e. The lowest BCUT2D eigenvalue weighted by atomic mass is 9.89. The van der Waals surface area contributed by atoms with Crippen molar-refractivity contribution in [3.8, 4) is 0 Å². The van der Waals surface area contributed by atoms with Gasteiger partial charge in [0.15, 0.2) is 0 Å². The number of alkyl halides is 1. The molecule has 1 saturated carbocycles. The molecule has 2 nitrogen and oxygen atoms in total. The first kappa shape index (κ1) is 12.3. The number of halogens is 1. The Bertz CT molecular complexity index is 143. The van der Waals surface area contributed by atoms with Crippen molar-refractivity contribution in [3.05, 3.63) is 0 Å². The smallest absolute Gasteiger partial charge is 0.0590 e. The molecule has 0 radical (unpaired) electrons. The van der Waals surface area contributed by atoms with E-state index in [2.05, 4.69) is 5.32 Å². The Kier molecular flexibility index (Phi) is 6.57. The maximum absolute atomic E-state index is 6.12. The molecule has 0 aliphatic heterocycles. The quantitative estimate of drug-likeness (QED) is 0.547. The Labute approximate surface area is 92.3 Å². The van der Waals surface area contributed by atoms with Crippen molar-refractivity contribution >= 4 is 11.6 Å². The average molecular weight is 220 g/mol. The Morgan fingerprint density at radius 2 is 2.29 bits per heavy atom. The lowest BCUT2D eigenvalue weighted by molar-refractivity contribution is 0.147. The highest BCUT2D eigenvalue weighted by molar-refractivity contribution is 6.20. The molecule has 0 aromatic heterocycles. The van der Waals surface area contributed by atoms with E-state index in [0.717, 1.165) is 32.2 Å². The van der Waals surface area contributed by atoms with Gasteiger partial charge in [0, 0.05) is 18.5 Å². The van der Waals surface area contributed by atoms with Crippen LogP contribution in [0.25, 0.3) is 0 Å². The highest BCUT2D eigenvalue weighted by Gasteiger charge is 2.19. The van der Waals surface area contributed by atoms with Crippen LogP contribution in [0.5, 0.6) is 0 Å². The van der Waals surface area contributed by atoms with E-state index in [4.69, 9.17) is 16.3 Å². The molecule has 3 heteroatoms. The summed E-state index contributed by atoms with van der Waals surface area (Å²) >= 11 is 6.12. The third-order valence-corrected chi connectivity index (χ3v) is 3.18. The molecule has 2 unspecified atom stereocenters. The molecular formula is C11H22ClNO. The SMILES string of the molecule is CCOCCNCC1CCCC(Cl)C1. The molecule has 0 aromatic rings. The molecule has 0 bridgehead atoms. The summed E-state index contributed by atoms with van der Waals surface area (Å²) in [5.41, 5.74) is 0. The van der Waals surface area contributed by atoms with Crippen LogP contribution < -0.4 is 5.32 Å². The number of nitrogens with one attached hydrogen (secondary N) is 1. The topological polar surface area (TPSA) is 21.3 Å². The second-order valence-electron chi connectivity index (χ2n) is 4.03. The van der Waals surface area contributed by atoms with Crippen molar-refractivity contribution in [2.24, 2.45) is 5.92 Å². The Morgan fingerprint density at radius 3 is 3.00 bits per heavy atom. The zero-order valence-corrected chi connectivity index (χ0v) is 9.85. The van der Waals surface area contributed by atoms with Gasteiger partial charge in [-0.1, -0.05) is 6.42 Å². The molecule has 84 valence electrons. The van der Waals surface area contributed by atoms with Gasteiger partial charge < -0.3 is 10.1 Å². The minimum Gasteiger partial charge on any atom is -0.380 e. The summed E-state index contributed by atoms with van der Waals surface area (Å²) in [5.74, 6) is 0.785. The van der Waals surface area contributed by atoms with Gasteiger partial charge in [0.1, 0.15) is 0 Å². The summed E-state index contributed by atoms with van der Waals surface area (Å²) < 4.78 is 5.26. The van der Waals surface area contributed by atoms with E-state index in [0.29, 0.717) is 5.38 Å². The van der Waals surface area contributed by atoms with Crippen molar-refractivity contribution in [3.63, 3.8) is 0 Å².